The van der Waals surface area contributed by atoms with Crippen molar-refractivity contribution in [2.45, 2.75) is 40.9 Å². The average molecular weight is 303 g/mol. The second-order valence-electron chi connectivity index (χ2n) is 4.79. The summed E-state index contributed by atoms with van der Waals surface area (Å²) in [4.78, 5) is 15.6. The molecule has 0 radical (unpaired) electrons. The Balaban J connectivity index is 2.15. The Labute approximate surface area is 96.1 Å². The lowest BCUT2D eigenvalue weighted by atomic mass is 9.81. The first-order valence-corrected chi connectivity index (χ1v) is 6.02. The van der Waals surface area contributed by atoms with Gasteiger partial charge in [0.1, 0.15) is 6.10 Å². The summed E-state index contributed by atoms with van der Waals surface area (Å²) in [5.74, 6) is 0.443. The number of carbonyl (C=O) groups is 1. The zero-order chi connectivity index (χ0) is 10.1. The van der Waals surface area contributed by atoms with Crippen LogP contribution in [-0.4, -0.2) is 27.0 Å². The molecule has 2 saturated heterocycles. The molecule has 2 saturated carbocycles. The van der Waals surface area contributed by atoms with Gasteiger partial charge in [0.15, 0.2) is 0 Å². The predicted octanol–water partition coefficient (Wildman–Crippen LogP) is 1.60. The second kappa shape index (κ2) is 2.33. The molecule has 74 valence electrons. The molecule has 3 nitrogen and oxygen atoms in total. The molecule has 2 aliphatic heterocycles. The Hall–Kier alpha value is -0.150. The third kappa shape index (κ3) is 0.760. The molecule has 4 aliphatic rings. The first kappa shape index (κ1) is 9.10. The summed E-state index contributed by atoms with van der Waals surface area (Å²) in [5.41, 5.74) is -0.918. The van der Waals surface area contributed by atoms with Crippen molar-refractivity contribution in [1.29, 1.82) is 0 Å². The molecule has 4 heteroatoms. The number of nitrogens with zero attached hydrogens (tertiary/aromatic N) is 1. The van der Waals surface area contributed by atoms with Crippen LogP contribution in [0, 0.1) is 12.5 Å². The highest BCUT2D eigenvalue weighted by Crippen LogP contribution is 2.61. The van der Waals surface area contributed by atoms with Crippen LogP contribution >= 0.6 is 22.6 Å². The lowest BCUT2D eigenvalue weighted by Gasteiger charge is -2.30. The van der Waals surface area contributed by atoms with Crippen molar-refractivity contribution in [2.75, 3.05) is 0 Å². The SMILES string of the molecule is [C-]#[N+]C12CC3[C@H](I)C(OC3(C)C1)C2=O. The van der Waals surface area contributed by atoms with Crippen LogP contribution in [0.1, 0.15) is 19.8 Å². The van der Waals surface area contributed by atoms with Crippen molar-refractivity contribution in [3.63, 3.8) is 0 Å². The van der Waals surface area contributed by atoms with Gasteiger partial charge in [0.2, 0.25) is 5.78 Å². The minimum atomic E-state index is -0.718. The zero-order valence-electron chi connectivity index (χ0n) is 7.79. The average Bonchev–Trinajstić information content (AvgIpc) is 2.52. The van der Waals surface area contributed by atoms with Gasteiger partial charge in [0.25, 0.3) is 5.54 Å². The molecule has 4 rings (SSSR count). The van der Waals surface area contributed by atoms with Gasteiger partial charge in [0.05, 0.1) is 15.9 Å². The second-order valence-corrected chi connectivity index (χ2v) is 6.23. The van der Waals surface area contributed by atoms with Crippen molar-refractivity contribution in [2.24, 2.45) is 5.92 Å². The number of Topliss-reactive ketones (excluding diaryl/α,β-unsaturated/α-hetero) is 1. The van der Waals surface area contributed by atoms with Gasteiger partial charge in [-0.2, -0.15) is 0 Å². The number of hydrogen-bond donors (Lipinski definition) is 0. The van der Waals surface area contributed by atoms with E-state index in [-0.39, 0.29) is 21.4 Å². The summed E-state index contributed by atoms with van der Waals surface area (Å²) in [5, 5.41) is 0. The van der Waals surface area contributed by atoms with E-state index in [0.717, 1.165) is 6.42 Å². The van der Waals surface area contributed by atoms with Gasteiger partial charge in [0, 0.05) is 12.3 Å². The fourth-order valence-corrected chi connectivity index (χ4v) is 4.79. The van der Waals surface area contributed by atoms with Crippen LogP contribution in [0.3, 0.4) is 0 Å². The molecular formula is C10H10INO2. The van der Waals surface area contributed by atoms with Crippen LogP contribution < -0.4 is 0 Å². The molecule has 0 spiro atoms. The molecular weight excluding hydrogens is 293 g/mol. The van der Waals surface area contributed by atoms with E-state index in [1.54, 1.807) is 0 Å². The van der Waals surface area contributed by atoms with E-state index in [1.807, 2.05) is 0 Å². The number of carbonyl (C=O) groups excluding carboxylic acids is 1. The maximum Gasteiger partial charge on any atom is 0.295 e. The highest BCUT2D eigenvalue weighted by molar-refractivity contribution is 14.1. The van der Waals surface area contributed by atoms with Gasteiger partial charge in [-0.05, 0) is 6.92 Å². The molecule has 0 aromatic carbocycles. The number of hydrogen-bond acceptors (Lipinski definition) is 2. The maximum atomic E-state index is 12.0. The Bertz CT molecular complexity index is 377. The summed E-state index contributed by atoms with van der Waals surface area (Å²) < 4.78 is 6.07. The van der Waals surface area contributed by atoms with Gasteiger partial charge in [-0.25, -0.2) is 6.57 Å². The van der Waals surface area contributed by atoms with E-state index in [2.05, 4.69) is 34.4 Å². The number of alkyl halides is 1. The first-order valence-electron chi connectivity index (χ1n) is 4.77. The fraction of sp³-hybridized carbons (Fsp3) is 0.800. The fourth-order valence-electron chi connectivity index (χ4n) is 3.30. The van der Waals surface area contributed by atoms with Gasteiger partial charge in [-0.3, -0.25) is 4.79 Å². The summed E-state index contributed by atoms with van der Waals surface area (Å²) >= 11 is 2.31. The molecule has 5 atom stereocenters. The van der Waals surface area contributed by atoms with E-state index in [1.165, 1.54) is 0 Å². The first-order chi connectivity index (χ1) is 6.52. The predicted molar refractivity (Wildman–Crippen MR) is 58.2 cm³/mol. The zero-order valence-corrected chi connectivity index (χ0v) is 9.95. The molecule has 2 aliphatic carbocycles. The van der Waals surface area contributed by atoms with Crippen molar-refractivity contribution in [3.8, 4) is 0 Å². The van der Waals surface area contributed by atoms with E-state index in [9.17, 15) is 4.79 Å². The largest absolute Gasteiger partial charge is 0.362 e. The lowest BCUT2D eigenvalue weighted by Crippen LogP contribution is -2.51. The van der Waals surface area contributed by atoms with E-state index >= 15 is 0 Å². The number of rotatable bonds is 0. The van der Waals surface area contributed by atoms with Crippen LogP contribution in [0.15, 0.2) is 0 Å². The topological polar surface area (TPSA) is 30.7 Å². The Morgan fingerprint density at radius 1 is 1.71 bits per heavy atom. The molecule has 0 N–H and O–H groups in total. The highest BCUT2D eigenvalue weighted by Gasteiger charge is 2.75. The van der Waals surface area contributed by atoms with Crippen molar-refractivity contribution >= 4 is 28.4 Å². The van der Waals surface area contributed by atoms with Gasteiger partial charge in [-0.1, -0.05) is 22.6 Å². The summed E-state index contributed by atoms with van der Waals surface area (Å²) in [6, 6.07) is 0. The number of ether oxygens (including phenoxy) is 1. The molecule has 2 heterocycles. The Morgan fingerprint density at radius 3 is 3.00 bits per heavy atom. The molecule has 14 heavy (non-hydrogen) atoms. The number of ketones is 1. The number of halogens is 1. The summed E-state index contributed by atoms with van der Waals surface area (Å²) in [6.07, 6.45) is 1.03. The van der Waals surface area contributed by atoms with Crippen molar-refractivity contribution < 1.29 is 9.53 Å². The lowest BCUT2D eigenvalue weighted by molar-refractivity contribution is -0.146. The molecule has 0 amide bonds. The maximum absolute atomic E-state index is 12.0. The molecule has 4 unspecified atom stereocenters. The normalized spacial score (nSPS) is 59.2. The third-order valence-corrected chi connectivity index (χ3v) is 5.51. The van der Waals surface area contributed by atoms with E-state index in [0.29, 0.717) is 12.3 Å². The van der Waals surface area contributed by atoms with Crippen molar-refractivity contribution in [1.82, 2.24) is 0 Å². The van der Waals surface area contributed by atoms with Crippen LogP contribution in [0.2, 0.25) is 0 Å². The quantitative estimate of drug-likeness (QED) is 0.387. The van der Waals surface area contributed by atoms with E-state index in [4.69, 9.17) is 11.3 Å². The van der Waals surface area contributed by atoms with Crippen LogP contribution in [0.5, 0.6) is 0 Å². The molecule has 0 aromatic rings. The Morgan fingerprint density at radius 2 is 2.43 bits per heavy atom. The monoisotopic (exact) mass is 303 g/mol. The standard InChI is InChI=1S/C10H10INO2/c1-9-4-10(12-2)3-5(9)6(11)7(14-9)8(10)13/h5-7H,3-4H2,1H3/t5?,6-,7?,9?,10?/m0/s1. The summed E-state index contributed by atoms with van der Waals surface area (Å²) in [6.45, 7) is 9.27. The van der Waals surface area contributed by atoms with Gasteiger partial charge < -0.3 is 9.58 Å². The van der Waals surface area contributed by atoms with Crippen LogP contribution in [0.4, 0.5) is 0 Å². The van der Waals surface area contributed by atoms with Gasteiger partial charge in [-0.15, -0.1) is 0 Å². The van der Waals surface area contributed by atoms with Crippen LogP contribution in [0.25, 0.3) is 4.85 Å². The molecule has 0 aromatic heterocycles. The van der Waals surface area contributed by atoms with E-state index < -0.39 is 5.54 Å². The van der Waals surface area contributed by atoms with Gasteiger partial charge >= 0.3 is 0 Å². The summed E-state index contributed by atoms with van der Waals surface area (Å²) in [7, 11) is 0. The molecule has 4 fully saturated rings. The smallest absolute Gasteiger partial charge is 0.295 e. The molecule has 4 bridgehead atoms. The minimum absolute atomic E-state index is 0.0399. The third-order valence-electron chi connectivity index (χ3n) is 3.99. The van der Waals surface area contributed by atoms with Crippen LogP contribution in [-0.2, 0) is 9.53 Å². The van der Waals surface area contributed by atoms with Crippen molar-refractivity contribution in [3.05, 3.63) is 11.4 Å². The minimum Gasteiger partial charge on any atom is -0.362 e. The Kier molecular flexibility index (Phi) is 1.51. The highest BCUT2D eigenvalue weighted by atomic mass is 127.